The number of nitrogens with two attached hydrogens (primary N) is 1. The van der Waals surface area contributed by atoms with Crippen LogP contribution in [-0.4, -0.2) is 29.8 Å². The molecule has 2 N–H and O–H groups in total. The molecule has 0 aliphatic carbocycles. The normalized spacial score (nSPS) is 16.9. The molecule has 24 heavy (non-hydrogen) atoms. The van der Waals surface area contributed by atoms with Crippen LogP contribution >= 0.6 is 11.6 Å². The Morgan fingerprint density at radius 3 is 2.21 bits per heavy atom. The highest BCUT2D eigenvalue weighted by molar-refractivity contribution is 6.33. The fourth-order valence-corrected chi connectivity index (χ4v) is 2.91. The maximum Gasteiger partial charge on any atom is 0.253 e. The van der Waals surface area contributed by atoms with Crippen molar-refractivity contribution in [1.29, 1.82) is 0 Å². The van der Waals surface area contributed by atoms with E-state index >= 15 is 0 Å². The molecule has 3 nitrogen and oxygen atoms in total. The topological polar surface area (TPSA) is 46.3 Å². The summed E-state index contributed by atoms with van der Waals surface area (Å²) in [5.41, 5.74) is 8.49. The molecule has 0 aromatic heterocycles. The second-order valence-corrected chi connectivity index (χ2v) is 6.37. The van der Waals surface area contributed by atoms with Crippen LogP contribution in [0.15, 0.2) is 42.5 Å². The molecule has 1 aliphatic heterocycles. The van der Waals surface area contributed by atoms with Crippen molar-refractivity contribution >= 4 is 23.2 Å². The molecule has 0 radical (unpaired) electrons. The minimum atomic E-state index is -2.66. The predicted octanol–water partition coefficient (Wildman–Crippen LogP) is 4.46. The van der Waals surface area contributed by atoms with Crippen molar-refractivity contribution < 1.29 is 13.6 Å². The SMILES string of the molecule is Nc1ccc(-c2ccc(C(=O)N3CCC(F)(F)CC3)cc2)cc1Cl. The van der Waals surface area contributed by atoms with Gasteiger partial charge >= 0.3 is 0 Å². The van der Waals surface area contributed by atoms with Gasteiger partial charge in [0.15, 0.2) is 0 Å². The van der Waals surface area contributed by atoms with Crippen molar-refractivity contribution in [1.82, 2.24) is 4.90 Å². The second kappa shape index (κ2) is 6.40. The summed E-state index contributed by atoms with van der Waals surface area (Å²) in [6, 6.07) is 12.4. The first-order valence-corrected chi connectivity index (χ1v) is 8.06. The highest BCUT2D eigenvalue weighted by Crippen LogP contribution is 2.29. The number of halogens is 3. The third-order valence-corrected chi connectivity index (χ3v) is 4.58. The van der Waals surface area contributed by atoms with Crippen molar-refractivity contribution in [2.45, 2.75) is 18.8 Å². The Bertz CT molecular complexity index is 752. The molecule has 1 amide bonds. The first kappa shape index (κ1) is 16.7. The molecule has 126 valence electrons. The number of hydrogen-bond donors (Lipinski definition) is 1. The minimum absolute atomic E-state index is 0.0845. The van der Waals surface area contributed by atoms with E-state index in [1.807, 2.05) is 18.2 Å². The van der Waals surface area contributed by atoms with Gasteiger partial charge in [0, 0.05) is 31.5 Å². The van der Waals surface area contributed by atoms with Crippen LogP contribution in [0.2, 0.25) is 5.02 Å². The molecule has 1 heterocycles. The lowest BCUT2D eigenvalue weighted by Gasteiger charge is -2.31. The monoisotopic (exact) mass is 350 g/mol. The minimum Gasteiger partial charge on any atom is -0.398 e. The van der Waals surface area contributed by atoms with E-state index in [4.69, 9.17) is 17.3 Å². The molecule has 3 rings (SSSR count). The molecule has 0 bridgehead atoms. The van der Waals surface area contributed by atoms with Crippen LogP contribution in [0.5, 0.6) is 0 Å². The lowest BCUT2D eigenvalue weighted by molar-refractivity contribution is -0.0494. The fourth-order valence-electron chi connectivity index (χ4n) is 2.73. The summed E-state index contributed by atoms with van der Waals surface area (Å²) in [6.07, 6.45) is -0.554. The van der Waals surface area contributed by atoms with Crippen LogP contribution in [0.3, 0.4) is 0 Å². The van der Waals surface area contributed by atoms with Crippen molar-refractivity contribution in [3.8, 4) is 11.1 Å². The Morgan fingerprint density at radius 1 is 1.04 bits per heavy atom. The lowest BCUT2D eigenvalue weighted by atomic mass is 10.0. The van der Waals surface area contributed by atoms with Gasteiger partial charge in [0.25, 0.3) is 11.8 Å². The first-order valence-electron chi connectivity index (χ1n) is 7.68. The van der Waals surface area contributed by atoms with E-state index in [0.29, 0.717) is 16.3 Å². The largest absolute Gasteiger partial charge is 0.398 e. The smallest absolute Gasteiger partial charge is 0.253 e. The Morgan fingerprint density at radius 2 is 1.62 bits per heavy atom. The zero-order valence-corrected chi connectivity index (χ0v) is 13.7. The number of nitrogens with zero attached hydrogens (tertiary/aromatic N) is 1. The van der Waals surface area contributed by atoms with Gasteiger partial charge in [0.2, 0.25) is 0 Å². The molecular weight excluding hydrogens is 334 g/mol. The zero-order valence-electron chi connectivity index (χ0n) is 12.9. The summed E-state index contributed by atoms with van der Waals surface area (Å²) >= 11 is 6.02. The third-order valence-electron chi connectivity index (χ3n) is 4.25. The van der Waals surface area contributed by atoms with E-state index in [2.05, 4.69) is 0 Å². The summed E-state index contributed by atoms with van der Waals surface area (Å²) in [7, 11) is 0. The average Bonchev–Trinajstić information content (AvgIpc) is 2.57. The predicted molar refractivity (Wildman–Crippen MR) is 91.4 cm³/mol. The molecule has 2 aromatic carbocycles. The molecule has 1 saturated heterocycles. The molecule has 6 heteroatoms. The average molecular weight is 351 g/mol. The van der Waals surface area contributed by atoms with Gasteiger partial charge in [-0.25, -0.2) is 8.78 Å². The molecule has 1 fully saturated rings. The maximum atomic E-state index is 13.2. The standard InChI is InChI=1S/C18H17ClF2N2O/c19-15-11-14(5-6-16(15)22)12-1-3-13(4-2-12)17(24)23-9-7-18(20,21)8-10-23/h1-6,11H,7-10,22H2. The summed E-state index contributed by atoms with van der Waals surface area (Å²) in [4.78, 5) is 13.9. The Kier molecular flexibility index (Phi) is 4.45. The van der Waals surface area contributed by atoms with Crippen molar-refractivity contribution in [2.24, 2.45) is 0 Å². The van der Waals surface area contributed by atoms with E-state index in [1.54, 1.807) is 24.3 Å². The summed E-state index contributed by atoms with van der Waals surface area (Å²) in [5, 5.41) is 0.474. The van der Waals surface area contributed by atoms with Gasteiger partial charge < -0.3 is 10.6 Å². The van der Waals surface area contributed by atoms with Gasteiger partial charge in [-0.1, -0.05) is 29.8 Å². The van der Waals surface area contributed by atoms with E-state index in [-0.39, 0.29) is 31.8 Å². The Hall–Kier alpha value is -2.14. The van der Waals surface area contributed by atoms with E-state index in [9.17, 15) is 13.6 Å². The zero-order chi connectivity index (χ0) is 17.3. The van der Waals surface area contributed by atoms with Gasteiger partial charge in [-0.15, -0.1) is 0 Å². The number of alkyl halides is 2. The maximum absolute atomic E-state index is 13.2. The first-order chi connectivity index (χ1) is 11.4. The molecule has 0 saturated carbocycles. The van der Waals surface area contributed by atoms with Gasteiger partial charge in [0.05, 0.1) is 10.7 Å². The second-order valence-electron chi connectivity index (χ2n) is 5.96. The van der Waals surface area contributed by atoms with Gasteiger partial charge in [0.1, 0.15) is 0 Å². The molecule has 2 aromatic rings. The number of benzene rings is 2. The summed E-state index contributed by atoms with van der Waals surface area (Å²) < 4.78 is 26.4. The number of nitrogen functional groups attached to an aromatic ring is 1. The van der Waals surface area contributed by atoms with Gasteiger partial charge in [-0.2, -0.15) is 0 Å². The number of anilines is 1. The van der Waals surface area contributed by atoms with E-state index in [1.165, 1.54) is 4.90 Å². The van der Waals surface area contributed by atoms with Gasteiger partial charge in [-0.3, -0.25) is 4.79 Å². The van der Waals surface area contributed by atoms with Crippen LogP contribution in [0.4, 0.5) is 14.5 Å². The van der Waals surface area contributed by atoms with E-state index < -0.39 is 5.92 Å². The Labute approximate surface area is 144 Å². The van der Waals surface area contributed by atoms with Crippen LogP contribution in [0.25, 0.3) is 11.1 Å². The Balaban J connectivity index is 1.74. The molecular formula is C18H17ClF2N2O. The number of carbonyl (C=O) groups is 1. The molecule has 0 atom stereocenters. The number of carbonyl (C=O) groups excluding carboxylic acids is 1. The van der Waals surface area contributed by atoms with Gasteiger partial charge in [-0.05, 0) is 35.4 Å². The van der Waals surface area contributed by atoms with Crippen LogP contribution in [-0.2, 0) is 0 Å². The number of rotatable bonds is 2. The van der Waals surface area contributed by atoms with Crippen LogP contribution in [0.1, 0.15) is 23.2 Å². The van der Waals surface area contributed by atoms with Crippen LogP contribution in [0, 0.1) is 0 Å². The third kappa shape index (κ3) is 3.51. The molecule has 0 unspecified atom stereocenters. The number of likely N-dealkylation sites (tertiary alicyclic amines) is 1. The van der Waals surface area contributed by atoms with Crippen molar-refractivity contribution in [2.75, 3.05) is 18.8 Å². The quantitative estimate of drug-likeness (QED) is 0.813. The number of piperidine rings is 1. The summed E-state index contributed by atoms with van der Waals surface area (Å²) in [5.74, 6) is -2.87. The van der Waals surface area contributed by atoms with Crippen LogP contribution < -0.4 is 5.73 Å². The molecule has 1 aliphatic rings. The highest BCUT2D eigenvalue weighted by Gasteiger charge is 2.35. The lowest BCUT2D eigenvalue weighted by Crippen LogP contribution is -2.42. The molecule has 0 spiro atoms. The number of amides is 1. The summed E-state index contributed by atoms with van der Waals surface area (Å²) in [6.45, 7) is 0.169. The van der Waals surface area contributed by atoms with Crippen molar-refractivity contribution in [3.63, 3.8) is 0 Å². The number of hydrogen-bond acceptors (Lipinski definition) is 2. The highest BCUT2D eigenvalue weighted by atomic mass is 35.5. The van der Waals surface area contributed by atoms with Crippen molar-refractivity contribution in [3.05, 3.63) is 53.1 Å². The fraction of sp³-hybridized carbons (Fsp3) is 0.278. The van der Waals surface area contributed by atoms with E-state index in [0.717, 1.165) is 11.1 Å².